The van der Waals surface area contributed by atoms with Crippen molar-refractivity contribution in [3.05, 3.63) is 35.4 Å². The van der Waals surface area contributed by atoms with Crippen LogP contribution in [-0.4, -0.2) is 27.1 Å². The predicted molar refractivity (Wildman–Crippen MR) is 65.2 cm³/mol. The SMILES string of the molecule is COC(OC)C(CN)Cc1ccc(C)cc1. The molecule has 0 fully saturated rings. The van der Waals surface area contributed by atoms with E-state index in [2.05, 4.69) is 31.2 Å². The van der Waals surface area contributed by atoms with Gasteiger partial charge in [0.15, 0.2) is 6.29 Å². The minimum Gasteiger partial charge on any atom is -0.356 e. The van der Waals surface area contributed by atoms with Gasteiger partial charge in [-0.2, -0.15) is 0 Å². The second-order valence-electron chi connectivity index (χ2n) is 4.03. The molecule has 1 rings (SSSR count). The molecule has 0 saturated heterocycles. The number of nitrogens with two attached hydrogens (primary N) is 1. The molecule has 0 bridgehead atoms. The van der Waals surface area contributed by atoms with Gasteiger partial charge in [0.25, 0.3) is 0 Å². The summed E-state index contributed by atoms with van der Waals surface area (Å²) in [5.41, 5.74) is 8.27. The highest BCUT2D eigenvalue weighted by Gasteiger charge is 2.19. The zero-order chi connectivity index (χ0) is 12.0. The minimum absolute atomic E-state index is 0.192. The van der Waals surface area contributed by atoms with Crippen LogP contribution in [-0.2, 0) is 15.9 Å². The van der Waals surface area contributed by atoms with E-state index in [1.807, 2.05) is 0 Å². The third-order valence-corrected chi connectivity index (χ3v) is 2.77. The van der Waals surface area contributed by atoms with Gasteiger partial charge < -0.3 is 15.2 Å². The Morgan fingerprint density at radius 2 is 1.69 bits per heavy atom. The molecule has 0 aliphatic carbocycles. The lowest BCUT2D eigenvalue weighted by Gasteiger charge is -2.23. The molecule has 0 aromatic heterocycles. The quantitative estimate of drug-likeness (QED) is 0.747. The normalized spacial score (nSPS) is 13.1. The standard InChI is InChI=1S/C13H21NO2/c1-10-4-6-11(7-5-10)8-12(9-14)13(15-2)16-3/h4-7,12-13H,8-9,14H2,1-3H3. The van der Waals surface area contributed by atoms with Crippen molar-refractivity contribution in [1.29, 1.82) is 0 Å². The maximum Gasteiger partial charge on any atom is 0.161 e. The third-order valence-electron chi connectivity index (χ3n) is 2.77. The van der Waals surface area contributed by atoms with Gasteiger partial charge in [-0.1, -0.05) is 29.8 Å². The Morgan fingerprint density at radius 3 is 2.12 bits per heavy atom. The maximum atomic E-state index is 5.74. The van der Waals surface area contributed by atoms with Gasteiger partial charge in [0.1, 0.15) is 0 Å². The monoisotopic (exact) mass is 223 g/mol. The highest BCUT2D eigenvalue weighted by Crippen LogP contribution is 2.15. The first-order chi connectivity index (χ1) is 7.71. The second-order valence-corrected chi connectivity index (χ2v) is 4.03. The summed E-state index contributed by atoms with van der Waals surface area (Å²) in [7, 11) is 3.29. The summed E-state index contributed by atoms with van der Waals surface area (Å²) in [5, 5.41) is 0. The van der Waals surface area contributed by atoms with Crippen LogP contribution in [0.4, 0.5) is 0 Å². The Kier molecular flexibility index (Phi) is 5.46. The Hall–Kier alpha value is -0.900. The van der Waals surface area contributed by atoms with Crippen molar-refractivity contribution in [2.24, 2.45) is 11.7 Å². The van der Waals surface area contributed by atoms with Crippen molar-refractivity contribution in [3.8, 4) is 0 Å². The van der Waals surface area contributed by atoms with Gasteiger partial charge in [0.05, 0.1) is 0 Å². The molecular weight excluding hydrogens is 202 g/mol. The van der Waals surface area contributed by atoms with Crippen molar-refractivity contribution in [2.75, 3.05) is 20.8 Å². The van der Waals surface area contributed by atoms with Gasteiger partial charge in [-0.3, -0.25) is 0 Å². The average Bonchev–Trinajstić information content (AvgIpc) is 2.32. The summed E-state index contributed by atoms with van der Waals surface area (Å²) in [4.78, 5) is 0. The Bertz CT molecular complexity index is 293. The summed E-state index contributed by atoms with van der Waals surface area (Å²) < 4.78 is 10.5. The van der Waals surface area contributed by atoms with Crippen molar-refractivity contribution in [2.45, 2.75) is 19.6 Å². The molecule has 0 radical (unpaired) electrons. The summed E-state index contributed by atoms with van der Waals surface area (Å²) in [6, 6.07) is 8.47. The van der Waals surface area contributed by atoms with Crippen molar-refractivity contribution in [1.82, 2.24) is 0 Å². The number of hydrogen-bond donors (Lipinski definition) is 1. The van der Waals surface area contributed by atoms with E-state index in [-0.39, 0.29) is 12.2 Å². The number of methoxy groups -OCH3 is 2. The molecule has 90 valence electrons. The molecule has 1 aromatic carbocycles. The van der Waals surface area contributed by atoms with Crippen LogP contribution in [0.1, 0.15) is 11.1 Å². The van der Waals surface area contributed by atoms with Crippen LogP contribution in [0.5, 0.6) is 0 Å². The number of rotatable bonds is 6. The van der Waals surface area contributed by atoms with Crippen LogP contribution in [0, 0.1) is 12.8 Å². The molecule has 3 heteroatoms. The first-order valence-corrected chi connectivity index (χ1v) is 5.52. The van der Waals surface area contributed by atoms with Gasteiger partial charge in [-0.15, -0.1) is 0 Å². The van der Waals surface area contributed by atoms with Gasteiger partial charge in [0, 0.05) is 26.7 Å². The van der Waals surface area contributed by atoms with E-state index in [9.17, 15) is 0 Å². The first-order valence-electron chi connectivity index (χ1n) is 5.52. The summed E-state index contributed by atoms with van der Waals surface area (Å²) in [6.45, 7) is 2.64. The molecule has 0 amide bonds. The van der Waals surface area contributed by atoms with Crippen LogP contribution in [0.3, 0.4) is 0 Å². The molecule has 0 saturated carbocycles. The highest BCUT2D eigenvalue weighted by atomic mass is 16.7. The molecule has 1 atom stereocenters. The third kappa shape index (κ3) is 3.59. The molecule has 1 unspecified atom stereocenters. The van der Waals surface area contributed by atoms with Gasteiger partial charge in [0.2, 0.25) is 0 Å². The fraction of sp³-hybridized carbons (Fsp3) is 0.538. The van der Waals surface area contributed by atoms with E-state index in [1.54, 1.807) is 14.2 Å². The van der Waals surface area contributed by atoms with Crippen molar-refractivity contribution >= 4 is 0 Å². The van der Waals surface area contributed by atoms with Crippen LogP contribution in [0.15, 0.2) is 24.3 Å². The Morgan fingerprint density at radius 1 is 1.12 bits per heavy atom. The van der Waals surface area contributed by atoms with Crippen LogP contribution in [0.25, 0.3) is 0 Å². The van der Waals surface area contributed by atoms with E-state index in [0.717, 1.165) is 6.42 Å². The van der Waals surface area contributed by atoms with E-state index < -0.39 is 0 Å². The number of benzene rings is 1. The topological polar surface area (TPSA) is 44.5 Å². The smallest absolute Gasteiger partial charge is 0.161 e. The van der Waals surface area contributed by atoms with Crippen molar-refractivity contribution < 1.29 is 9.47 Å². The Labute approximate surface area is 97.6 Å². The lowest BCUT2D eigenvalue weighted by molar-refractivity contribution is -0.134. The molecule has 0 aliphatic heterocycles. The van der Waals surface area contributed by atoms with E-state index >= 15 is 0 Å². The average molecular weight is 223 g/mol. The fourth-order valence-corrected chi connectivity index (χ4v) is 1.80. The first kappa shape index (κ1) is 13.2. The van der Waals surface area contributed by atoms with Gasteiger partial charge in [-0.05, 0) is 18.9 Å². The molecule has 3 nitrogen and oxygen atoms in total. The van der Waals surface area contributed by atoms with Gasteiger partial charge >= 0.3 is 0 Å². The largest absolute Gasteiger partial charge is 0.356 e. The lowest BCUT2D eigenvalue weighted by atomic mass is 9.98. The zero-order valence-electron chi connectivity index (χ0n) is 10.3. The molecular formula is C13H21NO2. The Balaban J connectivity index is 2.65. The molecule has 0 aliphatic rings. The summed E-state index contributed by atoms with van der Waals surface area (Å²) in [6.07, 6.45) is 0.648. The minimum atomic E-state index is -0.230. The lowest BCUT2D eigenvalue weighted by Crippen LogP contribution is -2.32. The second kappa shape index (κ2) is 6.63. The molecule has 16 heavy (non-hydrogen) atoms. The van der Waals surface area contributed by atoms with Gasteiger partial charge in [-0.25, -0.2) is 0 Å². The molecule has 0 heterocycles. The fourth-order valence-electron chi connectivity index (χ4n) is 1.80. The van der Waals surface area contributed by atoms with E-state index in [1.165, 1.54) is 11.1 Å². The maximum absolute atomic E-state index is 5.74. The van der Waals surface area contributed by atoms with Crippen LogP contribution in [0.2, 0.25) is 0 Å². The van der Waals surface area contributed by atoms with E-state index in [0.29, 0.717) is 6.54 Å². The summed E-state index contributed by atoms with van der Waals surface area (Å²) >= 11 is 0. The zero-order valence-corrected chi connectivity index (χ0v) is 10.3. The molecule has 1 aromatic rings. The van der Waals surface area contributed by atoms with Crippen molar-refractivity contribution in [3.63, 3.8) is 0 Å². The molecule has 0 spiro atoms. The molecule has 2 N–H and O–H groups in total. The predicted octanol–water partition coefficient (Wildman–Crippen LogP) is 1.73. The van der Waals surface area contributed by atoms with E-state index in [4.69, 9.17) is 15.2 Å². The number of hydrogen-bond acceptors (Lipinski definition) is 3. The summed E-state index contributed by atoms with van der Waals surface area (Å²) in [5.74, 6) is 0.192. The highest BCUT2D eigenvalue weighted by molar-refractivity contribution is 5.21. The number of ether oxygens (including phenoxy) is 2. The van der Waals surface area contributed by atoms with Crippen LogP contribution >= 0.6 is 0 Å². The number of aryl methyl sites for hydroxylation is 1. The van der Waals surface area contributed by atoms with Crippen LogP contribution < -0.4 is 5.73 Å².